The molecule has 1 aliphatic carbocycles. The summed E-state index contributed by atoms with van der Waals surface area (Å²) in [6, 6.07) is 11.9. The first-order valence-corrected chi connectivity index (χ1v) is 13.1. The van der Waals surface area contributed by atoms with Gasteiger partial charge in [0.25, 0.3) is 11.8 Å². The van der Waals surface area contributed by atoms with Crippen LogP contribution in [0.1, 0.15) is 63.0 Å². The third-order valence-electron chi connectivity index (χ3n) is 6.70. The van der Waals surface area contributed by atoms with Gasteiger partial charge in [-0.25, -0.2) is 0 Å². The van der Waals surface area contributed by atoms with Gasteiger partial charge < -0.3 is 21.7 Å². The van der Waals surface area contributed by atoms with E-state index >= 15 is 0 Å². The zero-order chi connectivity index (χ0) is 26.6. The van der Waals surface area contributed by atoms with Gasteiger partial charge in [0.15, 0.2) is 5.69 Å². The first-order valence-electron chi connectivity index (χ1n) is 12.3. The first-order chi connectivity index (χ1) is 18.4. The molecule has 1 saturated carbocycles. The van der Waals surface area contributed by atoms with E-state index in [9.17, 15) is 14.4 Å². The summed E-state index contributed by atoms with van der Waals surface area (Å²) >= 11 is 0.787. The van der Waals surface area contributed by atoms with E-state index in [0.717, 1.165) is 53.7 Å². The van der Waals surface area contributed by atoms with Gasteiger partial charge in [-0.05, 0) is 59.8 Å². The predicted octanol–water partition coefficient (Wildman–Crippen LogP) is 3.21. The van der Waals surface area contributed by atoms with Crippen molar-refractivity contribution < 1.29 is 14.4 Å². The average molecular weight is 530 g/mol. The molecule has 194 valence electrons. The summed E-state index contributed by atoms with van der Waals surface area (Å²) in [6.45, 7) is 0.0732. The molecule has 1 atom stereocenters. The van der Waals surface area contributed by atoms with Crippen LogP contribution in [0.3, 0.4) is 0 Å². The largest absolute Gasteiger partial charge is 0.395 e. The van der Waals surface area contributed by atoms with Crippen LogP contribution in [-0.4, -0.2) is 43.0 Å². The van der Waals surface area contributed by atoms with Gasteiger partial charge in [0, 0.05) is 36.6 Å². The SMILES string of the molecule is NC(=O)c1nsc(C(=O)N(Cc2cccnc2)[C@H](C(=O)NC2CCCC2)c2ccc3ncccc3c2)c1N. The lowest BCUT2D eigenvalue weighted by Gasteiger charge is -2.32. The Balaban J connectivity index is 1.62. The number of benzene rings is 1. The molecule has 3 aromatic heterocycles. The maximum absolute atomic E-state index is 14.1. The van der Waals surface area contributed by atoms with Crippen molar-refractivity contribution in [2.75, 3.05) is 5.73 Å². The molecule has 4 aromatic rings. The van der Waals surface area contributed by atoms with Crippen LogP contribution in [0.2, 0.25) is 0 Å². The molecule has 38 heavy (non-hydrogen) atoms. The summed E-state index contributed by atoms with van der Waals surface area (Å²) in [5.74, 6) is -1.65. The minimum Gasteiger partial charge on any atom is -0.395 e. The molecule has 0 spiro atoms. The fourth-order valence-electron chi connectivity index (χ4n) is 4.82. The normalized spacial score (nSPS) is 14.3. The Kier molecular flexibility index (Phi) is 7.27. The average Bonchev–Trinajstić information content (AvgIpc) is 3.58. The minimum absolute atomic E-state index is 0.0393. The van der Waals surface area contributed by atoms with E-state index in [1.165, 1.54) is 4.90 Å². The molecular formula is C27H27N7O3S. The number of hydrogen-bond donors (Lipinski definition) is 3. The van der Waals surface area contributed by atoms with E-state index in [2.05, 4.69) is 19.7 Å². The van der Waals surface area contributed by atoms with Crippen molar-refractivity contribution in [3.8, 4) is 0 Å². The van der Waals surface area contributed by atoms with Crippen LogP contribution in [0.5, 0.6) is 0 Å². The van der Waals surface area contributed by atoms with Crippen molar-refractivity contribution in [2.24, 2.45) is 5.73 Å². The Morgan fingerprint density at radius 2 is 1.89 bits per heavy atom. The van der Waals surface area contributed by atoms with Crippen LogP contribution >= 0.6 is 11.5 Å². The molecule has 1 aliphatic rings. The van der Waals surface area contributed by atoms with Crippen LogP contribution in [0, 0.1) is 0 Å². The lowest BCUT2D eigenvalue weighted by molar-refractivity contribution is -0.126. The maximum atomic E-state index is 14.1. The van der Waals surface area contributed by atoms with E-state index in [0.29, 0.717) is 5.56 Å². The third kappa shape index (κ3) is 5.18. The predicted molar refractivity (Wildman–Crippen MR) is 144 cm³/mol. The van der Waals surface area contributed by atoms with E-state index in [1.807, 2.05) is 36.4 Å². The maximum Gasteiger partial charge on any atom is 0.270 e. The molecule has 3 heterocycles. The number of pyridine rings is 2. The summed E-state index contributed by atoms with van der Waals surface area (Å²) in [5, 5.41) is 3.99. The van der Waals surface area contributed by atoms with Crippen LogP contribution in [-0.2, 0) is 11.3 Å². The van der Waals surface area contributed by atoms with E-state index in [1.54, 1.807) is 24.7 Å². The third-order valence-corrected chi connectivity index (χ3v) is 7.55. The Labute approximate surface area is 223 Å². The van der Waals surface area contributed by atoms with E-state index in [-0.39, 0.29) is 34.8 Å². The van der Waals surface area contributed by atoms with Crippen molar-refractivity contribution >= 4 is 45.8 Å². The Morgan fingerprint density at radius 3 is 2.61 bits per heavy atom. The van der Waals surface area contributed by atoms with E-state index in [4.69, 9.17) is 11.5 Å². The summed E-state index contributed by atoms with van der Waals surface area (Å²) in [6.07, 6.45) is 8.85. The van der Waals surface area contributed by atoms with Crippen molar-refractivity contribution in [3.05, 3.63) is 82.8 Å². The number of primary amides is 1. The highest BCUT2D eigenvalue weighted by atomic mass is 32.1. The monoisotopic (exact) mass is 529 g/mol. The molecule has 0 radical (unpaired) electrons. The molecule has 1 aromatic carbocycles. The number of nitrogens with zero attached hydrogens (tertiary/aromatic N) is 4. The molecule has 11 heteroatoms. The zero-order valence-electron chi connectivity index (χ0n) is 20.5. The number of amides is 3. The number of carbonyl (C=O) groups is 3. The second-order valence-corrected chi connectivity index (χ2v) is 10.1. The molecule has 0 unspecified atom stereocenters. The minimum atomic E-state index is -0.994. The number of rotatable bonds is 8. The molecule has 5 N–H and O–H groups in total. The fraction of sp³-hybridized carbons (Fsp3) is 0.259. The number of hydrogen-bond acceptors (Lipinski definition) is 8. The van der Waals surface area contributed by atoms with Gasteiger partial charge in [0.2, 0.25) is 5.91 Å². The molecule has 0 saturated heterocycles. The van der Waals surface area contributed by atoms with Crippen LogP contribution < -0.4 is 16.8 Å². The topological polar surface area (TPSA) is 157 Å². The molecule has 0 bridgehead atoms. The Morgan fingerprint density at radius 1 is 1.11 bits per heavy atom. The number of carbonyl (C=O) groups excluding carboxylic acids is 3. The van der Waals surface area contributed by atoms with Crippen molar-refractivity contribution in [2.45, 2.75) is 44.3 Å². The number of nitrogens with two attached hydrogens (primary N) is 2. The van der Waals surface area contributed by atoms with Gasteiger partial charge in [0.05, 0.1) is 11.2 Å². The molecule has 3 amide bonds. The lowest BCUT2D eigenvalue weighted by atomic mass is 10.00. The van der Waals surface area contributed by atoms with Gasteiger partial charge in [-0.1, -0.05) is 31.0 Å². The zero-order valence-corrected chi connectivity index (χ0v) is 21.4. The molecule has 0 aliphatic heterocycles. The van der Waals surface area contributed by atoms with Gasteiger partial charge in [-0.2, -0.15) is 4.37 Å². The van der Waals surface area contributed by atoms with Crippen molar-refractivity contribution in [1.29, 1.82) is 0 Å². The molecule has 1 fully saturated rings. The van der Waals surface area contributed by atoms with Crippen LogP contribution in [0.25, 0.3) is 10.9 Å². The van der Waals surface area contributed by atoms with E-state index < -0.39 is 17.9 Å². The highest BCUT2D eigenvalue weighted by molar-refractivity contribution is 7.09. The lowest BCUT2D eigenvalue weighted by Crippen LogP contribution is -2.45. The number of nitrogens with one attached hydrogen (secondary N) is 1. The van der Waals surface area contributed by atoms with Crippen molar-refractivity contribution in [3.63, 3.8) is 0 Å². The highest BCUT2D eigenvalue weighted by Gasteiger charge is 2.36. The van der Waals surface area contributed by atoms with Gasteiger partial charge in [-0.15, -0.1) is 0 Å². The quantitative estimate of drug-likeness (QED) is 0.316. The summed E-state index contributed by atoms with van der Waals surface area (Å²) in [4.78, 5) is 49.9. The van der Waals surface area contributed by atoms with Gasteiger partial charge >= 0.3 is 0 Å². The molecule has 5 rings (SSSR count). The van der Waals surface area contributed by atoms with Gasteiger partial charge in [-0.3, -0.25) is 24.4 Å². The second kappa shape index (κ2) is 10.9. The Bertz CT molecular complexity index is 1480. The number of nitrogen functional groups attached to an aromatic ring is 1. The van der Waals surface area contributed by atoms with Gasteiger partial charge in [0.1, 0.15) is 10.9 Å². The first kappa shape index (κ1) is 25.3. The number of aromatic nitrogens is 3. The molecular weight excluding hydrogens is 502 g/mol. The van der Waals surface area contributed by atoms with Crippen LogP contribution in [0.4, 0.5) is 5.69 Å². The summed E-state index contributed by atoms with van der Waals surface area (Å²) < 4.78 is 4.00. The number of fused-ring (bicyclic) bond motifs is 1. The highest BCUT2D eigenvalue weighted by Crippen LogP contribution is 2.32. The Hall–Kier alpha value is -4.38. The van der Waals surface area contributed by atoms with Crippen LogP contribution in [0.15, 0.2) is 61.1 Å². The smallest absolute Gasteiger partial charge is 0.270 e. The number of anilines is 1. The summed E-state index contributed by atoms with van der Waals surface area (Å²) in [5.41, 5.74) is 13.4. The second-order valence-electron chi connectivity index (χ2n) is 9.28. The molecule has 10 nitrogen and oxygen atoms in total. The summed E-state index contributed by atoms with van der Waals surface area (Å²) in [7, 11) is 0. The fourth-order valence-corrected chi connectivity index (χ4v) is 5.58. The standard InChI is InChI=1S/C27H27N7O3S/c28-21-22(25(29)35)33-38-24(21)27(37)34(15-16-5-3-11-30-14-16)23(26(36)32-19-7-1-2-8-19)18-9-10-20-17(13-18)6-4-12-31-20/h3-6,9-14,19,23H,1-2,7-8,15,28H2,(H2,29,35)(H,32,36)/t23-/m0/s1. The van der Waals surface area contributed by atoms with Crippen molar-refractivity contribution in [1.82, 2.24) is 24.6 Å².